The summed E-state index contributed by atoms with van der Waals surface area (Å²) in [5, 5.41) is 0. The zero-order valence-corrected chi connectivity index (χ0v) is 16.7. The smallest absolute Gasteiger partial charge is 0.129 e. The molecule has 1 aliphatic carbocycles. The van der Waals surface area contributed by atoms with Gasteiger partial charge in [-0.15, -0.1) is 13.2 Å². The third-order valence-corrected chi connectivity index (χ3v) is 5.89. The molecule has 1 fully saturated rings. The lowest BCUT2D eigenvalue weighted by Crippen LogP contribution is -2.13. The van der Waals surface area contributed by atoms with E-state index in [2.05, 4.69) is 37.4 Å². The van der Waals surface area contributed by atoms with Gasteiger partial charge in [0, 0.05) is 5.56 Å². The van der Waals surface area contributed by atoms with Gasteiger partial charge in [-0.1, -0.05) is 48.6 Å². The van der Waals surface area contributed by atoms with Gasteiger partial charge in [0.25, 0.3) is 0 Å². The molecule has 2 aromatic rings. The fraction of sp³-hybridized carbons (Fsp3) is 0.385. The highest BCUT2D eigenvalue weighted by atomic mass is 19.1. The summed E-state index contributed by atoms with van der Waals surface area (Å²) in [6.07, 6.45) is 11.3. The molecule has 148 valence electrons. The molecule has 1 saturated carbocycles. The number of rotatable bonds is 9. The van der Waals surface area contributed by atoms with Gasteiger partial charge in [-0.2, -0.15) is 0 Å². The minimum absolute atomic E-state index is 0.219. The van der Waals surface area contributed by atoms with Crippen LogP contribution in [-0.4, -0.2) is 6.61 Å². The minimum Gasteiger partial charge on any atom is -0.373 e. The van der Waals surface area contributed by atoms with Gasteiger partial charge in [0.05, 0.1) is 13.2 Å². The van der Waals surface area contributed by atoms with E-state index in [9.17, 15) is 4.39 Å². The van der Waals surface area contributed by atoms with Crippen LogP contribution in [-0.2, 0) is 11.3 Å². The highest BCUT2D eigenvalue weighted by Crippen LogP contribution is 2.38. The van der Waals surface area contributed by atoms with Crippen LogP contribution in [0.2, 0.25) is 0 Å². The van der Waals surface area contributed by atoms with Crippen molar-refractivity contribution >= 4 is 0 Å². The summed E-state index contributed by atoms with van der Waals surface area (Å²) in [4.78, 5) is 0. The van der Waals surface area contributed by atoms with Crippen LogP contribution in [0, 0.1) is 11.7 Å². The largest absolute Gasteiger partial charge is 0.373 e. The van der Waals surface area contributed by atoms with Crippen molar-refractivity contribution in [1.29, 1.82) is 0 Å². The molecule has 0 heterocycles. The first kappa shape index (κ1) is 20.5. The monoisotopic (exact) mass is 378 g/mol. The summed E-state index contributed by atoms with van der Waals surface area (Å²) in [6.45, 7) is 8.14. The number of ether oxygens (including phenoxy) is 1. The second-order valence-electron chi connectivity index (χ2n) is 7.82. The Bertz CT molecular complexity index is 770. The van der Waals surface area contributed by atoms with E-state index in [0.29, 0.717) is 18.1 Å². The molecule has 1 aliphatic rings. The average molecular weight is 379 g/mol. The molecular weight excluding hydrogens is 347 g/mol. The molecule has 0 unspecified atom stereocenters. The van der Waals surface area contributed by atoms with E-state index in [0.717, 1.165) is 23.5 Å². The van der Waals surface area contributed by atoms with E-state index in [1.54, 1.807) is 12.1 Å². The molecule has 0 atom stereocenters. The summed E-state index contributed by atoms with van der Waals surface area (Å²) >= 11 is 0. The van der Waals surface area contributed by atoms with Gasteiger partial charge in [0.15, 0.2) is 0 Å². The van der Waals surface area contributed by atoms with Crippen LogP contribution >= 0.6 is 0 Å². The standard InChI is InChI=1S/C26H31FO/c1-3-5-6-20-7-9-21(10-8-20)22-11-13-23(14-12-22)24-15-16-25(26(27)18-24)19-28-17-4-2/h3-4,11-16,18,20-21H,1-2,5-10,17,19H2/t20-,21-. The van der Waals surface area contributed by atoms with Crippen LogP contribution in [0.4, 0.5) is 4.39 Å². The molecule has 0 saturated heterocycles. The number of hydrogen-bond donors (Lipinski definition) is 0. The van der Waals surface area contributed by atoms with E-state index in [1.807, 2.05) is 18.2 Å². The topological polar surface area (TPSA) is 9.23 Å². The maximum absolute atomic E-state index is 14.3. The Morgan fingerprint density at radius 3 is 2.29 bits per heavy atom. The molecular formula is C26H31FO. The van der Waals surface area contributed by atoms with Crippen molar-refractivity contribution in [3.63, 3.8) is 0 Å². The summed E-state index contributed by atoms with van der Waals surface area (Å²) < 4.78 is 19.7. The first-order valence-electron chi connectivity index (χ1n) is 10.4. The van der Waals surface area contributed by atoms with Gasteiger partial charge >= 0.3 is 0 Å². The van der Waals surface area contributed by atoms with Gasteiger partial charge in [-0.3, -0.25) is 0 Å². The maximum atomic E-state index is 14.3. The lowest BCUT2D eigenvalue weighted by atomic mass is 9.77. The molecule has 28 heavy (non-hydrogen) atoms. The zero-order chi connectivity index (χ0) is 19.8. The second-order valence-corrected chi connectivity index (χ2v) is 7.82. The van der Waals surface area contributed by atoms with Crippen molar-refractivity contribution in [1.82, 2.24) is 0 Å². The van der Waals surface area contributed by atoms with E-state index < -0.39 is 0 Å². The fourth-order valence-corrected chi connectivity index (χ4v) is 4.18. The quantitative estimate of drug-likeness (QED) is 0.325. The van der Waals surface area contributed by atoms with E-state index in [1.165, 1.54) is 37.7 Å². The molecule has 0 N–H and O–H groups in total. The summed E-state index contributed by atoms with van der Waals surface area (Å²) in [5.74, 6) is 1.31. The predicted molar refractivity (Wildman–Crippen MR) is 116 cm³/mol. The first-order valence-corrected chi connectivity index (χ1v) is 10.4. The Labute approximate surface area is 168 Å². The van der Waals surface area contributed by atoms with Gasteiger partial charge in [-0.05, 0) is 73.1 Å². The lowest BCUT2D eigenvalue weighted by molar-refractivity contribution is 0.146. The van der Waals surface area contributed by atoms with Crippen molar-refractivity contribution < 1.29 is 9.13 Å². The Kier molecular flexibility index (Phi) is 7.62. The molecule has 2 aromatic carbocycles. The predicted octanol–water partition coefficient (Wildman–Crippen LogP) is 7.44. The van der Waals surface area contributed by atoms with Crippen LogP contribution in [0.15, 0.2) is 67.8 Å². The van der Waals surface area contributed by atoms with Crippen molar-refractivity contribution in [3.8, 4) is 11.1 Å². The molecule has 0 bridgehead atoms. The van der Waals surface area contributed by atoms with Crippen LogP contribution < -0.4 is 0 Å². The number of halogens is 1. The van der Waals surface area contributed by atoms with Crippen molar-refractivity contribution in [3.05, 3.63) is 84.7 Å². The number of hydrogen-bond acceptors (Lipinski definition) is 1. The van der Waals surface area contributed by atoms with Crippen molar-refractivity contribution in [2.24, 2.45) is 5.92 Å². The van der Waals surface area contributed by atoms with Crippen LogP contribution in [0.3, 0.4) is 0 Å². The van der Waals surface area contributed by atoms with Crippen LogP contribution in [0.25, 0.3) is 11.1 Å². The Balaban J connectivity index is 1.61. The average Bonchev–Trinajstić information content (AvgIpc) is 2.74. The highest BCUT2D eigenvalue weighted by Gasteiger charge is 2.21. The minimum atomic E-state index is -0.219. The molecule has 0 spiro atoms. The molecule has 2 heteroatoms. The molecule has 3 rings (SSSR count). The summed E-state index contributed by atoms with van der Waals surface area (Å²) in [6, 6.07) is 14.1. The van der Waals surface area contributed by atoms with Gasteiger partial charge in [-0.25, -0.2) is 4.39 Å². The summed E-state index contributed by atoms with van der Waals surface area (Å²) in [5.41, 5.74) is 3.96. The SMILES string of the molecule is C=CCC[C@H]1CC[C@H](c2ccc(-c3ccc(COCC=C)c(F)c3)cc2)CC1. The Morgan fingerprint density at radius 1 is 0.929 bits per heavy atom. The third kappa shape index (κ3) is 5.42. The summed E-state index contributed by atoms with van der Waals surface area (Å²) in [7, 11) is 0. The molecule has 0 radical (unpaired) electrons. The van der Waals surface area contributed by atoms with Crippen LogP contribution in [0.1, 0.15) is 55.6 Å². The molecule has 0 aliphatic heterocycles. The van der Waals surface area contributed by atoms with E-state index in [4.69, 9.17) is 4.74 Å². The Hall–Kier alpha value is -2.19. The zero-order valence-electron chi connectivity index (χ0n) is 16.7. The fourth-order valence-electron chi connectivity index (χ4n) is 4.18. The lowest BCUT2D eigenvalue weighted by Gasteiger charge is -2.28. The van der Waals surface area contributed by atoms with Crippen LogP contribution in [0.5, 0.6) is 0 Å². The maximum Gasteiger partial charge on any atom is 0.129 e. The first-order chi connectivity index (χ1) is 13.7. The molecule has 1 nitrogen and oxygen atoms in total. The third-order valence-electron chi connectivity index (χ3n) is 5.89. The normalized spacial score (nSPS) is 19.3. The van der Waals surface area contributed by atoms with E-state index >= 15 is 0 Å². The second kappa shape index (κ2) is 10.4. The van der Waals surface area contributed by atoms with Gasteiger partial charge in [0.2, 0.25) is 0 Å². The van der Waals surface area contributed by atoms with E-state index in [-0.39, 0.29) is 12.4 Å². The number of benzene rings is 2. The number of allylic oxidation sites excluding steroid dienone is 1. The highest BCUT2D eigenvalue weighted by molar-refractivity contribution is 5.64. The van der Waals surface area contributed by atoms with Crippen molar-refractivity contribution in [2.45, 2.75) is 51.0 Å². The molecule has 0 amide bonds. The van der Waals surface area contributed by atoms with Crippen molar-refractivity contribution in [2.75, 3.05) is 6.61 Å². The Morgan fingerprint density at radius 2 is 1.64 bits per heavy atom. The molecule has 0 aromatic heterocycles. The van der Waals surface area contributed by atoms with Gasteiger partial charge < -0.3 is 4.74 Å². The van der Waals surface area contributed by atoms with Gasteiger partial charge in [0.1, 0.15) is 5.82 Å².